The quantitative estimate of drug-likeness (QED) is 0.432. The summed E-state index contributed by atoms with van der Waals surface area (Å²) in [5.74, 6) is 2.37. The Morgan fingerprint density at radius 2 is 1.97 bits per heavy atom. The highest BCUT2D eigenvalue weighted by atomic mass is 79.9. The Balaban J connectivity index is 1.55. The maximum absolute atomic E-state index is 12.2. The van der Waals surface area contributed by atoms with Gasteiger partial charge in [-0.05, 0) is 58.7 Å². The van der Waals surface area contributed by atoms with Crippen molar-refractivity contribution in [1.29, 1.82) is 0 Å². The van der Waals surface area contributed by atoms with E-state index in [-0.39, 0.29) is 5.91 Å². The molecule has 0 saturated heterocycles. The van der Waals surface area contributed by atoms with Gasteiger partial charge in [-0.3, -0.25) is 4.79 Å². The van der Waals surface area contributed by atoms with Crippen LogP contribution in [0.25, 0.3) is 10.6 Å². The summed E-state index contributed by atoms with van der Waals surface area (Å²) in [6.45, 7) is 2.01. The van der Waals surface area contributed by atoms with E-state index in [9.17, 15) is 4.79 Å². The Labute approximate surface area is 187 Å². The lowest BCUT2D eigenvalue weighted by Crippen LogP contribution is -2.14. The lowest BCUT2D eigenvalue weighted by atomic mass is 10.2. The highest BCUT2D eigenvalue weighted by molar-refractivity contribution is 9.10. The highest BCUT2D eigenvalue weighted by Gasteiger charge is 2.11. The lowest BCUT2D eigenvalue weighted by Gasteiger charge is -2.08. The van der Waals surface area contributed by atoms with Crippen LogP contribution in [0.3, 0.4) is 0 Å². The zero-order valence-corrected chi connectivity index (χ0v) is 19.5. The average molecular weight is 493 g/mol. The van der Waals surface area contributed by atoms with Gasteiger partial charge >= 0.3 is 0 Å². The maximum atomic E-state index is 12.2. The molecule has 5 nitrogen and oxygen atoms in total. The van der Waals surface area contributed by atoms with E-state index in [4.69, 9.17) is 9.47 Å². The van der Waals surface area contributed by atoms with Crippen LogP contribution < -0.4 is 14.8 Å². The number of aryl methyl sites for hydroxylation is 1. The molecule has 0 spiro atoms. The van der Waals surface area contributed by atoms with Gasteiger partial charge in [-0.2, -0.15) is 0 Å². The van der Waals surface area contributed by atoms with Crippen molar-refractivity contribution in [3.63, 3.8) is 0 Å². The van der Waals surface area contributed by atoms with Crippen molar-refractivity contribution in [2.45, 2.75) is 12.7 Å². The fraction of sp³-hybridized carbons (Fsp3) is 0.238. The first kappa shape index (κ1) is 21.7. The van der Waals surface area contributed by atoms with Crippen molar-refractivity contribution < 1.29 is 14.3 Å². The minimum atomic E-state index is -0.0325. The number of ether oxygens (including phenoxy) is 2. The third-order valence-electron chi connectivity index (χ3n) is 4.06. The zero-order valence-electron chi connectivity index (χ0n) is 16.3. The molecule has 152 valence electrons. The van der Waals surface area contributed by atoms with E-state index in [1.54, 1.807) is 25.6 Å². The summed E-state index contributed by atoms with van der Waals surface area (Å²) in [5, 5.41) is 5.86. The number of anilines is 1. The molecule has 29 heavy (non-hydrogen) atoms. The molecule has 0 saturated carbocycles. The van der Waals surface area contributed by atoms with Crippen LogP contribution in [0.2, 0.25) is 0 Å². The molecule has 0 bridgehead atoms. The number of hydrogen-bond acceptors (Lipinski definition) is 6. The molecule has 0 atom stereocenters. The third kappa shape index (κ3) is 5.74. The van der Waals surface area contributed by atoms with Crippen LogP contribution in [0.4, 0.5) is 5.69 Å². The van der Waals surface area contributed by atoms with Crippen molar-refractivity contribution in [2.75, 3.05) is 25.3 Å². The Morgan fingerprint density at radius 1 is 1.17 bits per heavy atom. The van der Waals surface area contributed by atoms with Crippen LogP contribution in [0.5, 0.6) is 11.5 Å². The molecular weight excluding hydrogens is 472 g/mol. The predicted octanol–water partition coefficient (Wildman–Crippen LogP) is 5.77. The number of amides is 1. The van der Waals surface area contributed by atoms with Gasteiger partial charge in [0.1, 0.15) is 5.01 Å². The molecule has 1 amide bonds. The first-order valence-corrected chi connectivity index (χ1v) is 11.6. The van der Waals surface area contributed by atoms with Crippen molar-refractivity contribution in [2.24, 2.45) is 0 Å². The molecule has 0 fully saturated rings. The van der Waals surface area contributed by atoms with Crippen LogP contribution >= 0.6 is 39.0 Å². The number of methoxy groups -OCH3 is 2. The van der Waals surface area contributed by atoms with Gasteiger partial charge in [0.15, 0.2) is 11.5 Å². The normalized spacial score (nSPS) is 10.6. The number of thiazole rings is 1. The number of carbonyl (C=O) groups is 1. The SMILES string of the molecule is COc1ccc(-c2nc(CSCC(=O)Nc3ccc(C)cc3Br)cs2)cc1OC. The van der Waals surface area contributed by atoms with Crippen molar-refractivity contribution in [3.8, 4) is 22.1 Å². The zero-order chi connectivity index (χ0) is 20.8. The van der Waals surface area contributed by atoms with Crippen molar-refractivity contribution >= 4 is 50.6 Å². The minimum Gasteiger partial charge on any atom is -0.493 e. The Hall–Kier alpha value is -2.03. The van der Waals surface area contributed by atoms with Crippen LogP contribution in [0, 0.1) is 6.92 Å². The van der Waals surface area contributed by atoms with E-state index >= 15 is 0 Å². The van der Waals surface area contributed by atoms with Crippen LogP contribution in [-0.4, -0.2) is 30.9 Å². The van der Waals surface area contributed by atoms with E-state index < -0.39 is 0 Å². The summed E-state index contributed by atoms with van der Waals surface area (Å²) in [6, 6.07) is 11.6. The Kier molecular flexibility index (Phi) is 7.57. The topological polar surface area (TPSA) is 60.5 Å². The molecule has 1 aromatic heterocycles. The molecule has 1 heterocycles. The summed E-state index contributed by atoms with van der Waals surface area (Å²) in [4.78, 5) is 16.9. The van der Waals surface area contributed by atoms with Crippen molar-refractivity contribution in [1.82, 2.24) is 4.98 Å². The Morgan fingerprint density at radius 3 is 2.69 bits per heavy atom. The molecule has 1 N–H and O–H groups in total. The molecule has 0 aliphatic rings. The largest absolute Gasteiger partial charge is 0.493 e. The van der Waals surface area contributed by atoms with Crippen LogP contribution in [0.1, 0.15) is 11.3 Å². The summed E-state index contributed by atoms with van der Waals surface area (Å²) < 4.78 is 11.5. The number of thioether (sulfide) groups is 1. The van der Waals surface area contributed by atoms with E-state index in [0.717, 1.165) is 32.0 Å². The fourth-order valence-electron chi connectivity index (χ4n) is 2.63. The number of benzene rings is 2. The summed E-state index contributed by atoms with van der Waals surface area (Å²) in [6.07, 6.45) is 0. The number of aromatic nitrogens is 1. The molecule has 3 aromatic rings. The standard InChI is InChI=1S/C21H21BrN2O3S2/c1-13-4-6-17(16(22)8-13)24-20(25)12-28-10-15-11-29-21(23-15)14-5-7-18(26-2)19(9-14)27-3/h4-9,11H,10,12H2,1-3H3,(H,24,25). The molecule has 8 heteroatoms. The number of nitrogens with zero attached hydrogens (tertiary/aromatic N) is 1. The number of carbonyl (C=O) groups excluding carboxylic acids is 1. The van der Waals surface area contributed by atoms with Crippen LogP contribution in [-0.2, 0) is 10.5 Å². The summed E-state index contributed by atoms with van der Waals surface area (Å²) in [7, 11) is 3.23. The number of nitrogens with one attached hydrogen (secondary N) is 1. The second-order valence-corrected chi connectivity index (χ2v) is 8.94. The van der Waals surface area contributed by atoms with E-state index in [1.165, 1.54) is 11.8 Å². The summed E-state index contributed by atoms with van der Waals surface area (Å²) >= 11 is 6.59. The minimum absolute atomic E-state index is 0.0325. The predicted molar refractivity (Wildman–Crippen MR) is 124 cm³/mol. The number of rotatable bonds is 8. The molecule has 3 rings (SSSR count). The second-order valence-electron chi connectivity index (χ2n) is 6.24. The van der Waals surface area contributed by atoms with E-state index in [2.05, 4.69) is 26.2 Å². The van der Waals surface area contributed by atoms with Gasteiger partial charge in [-0.25, -0.2) is 4.98 Å². The maximum Gasteiger partial charge on any atom is 0.234 e. The third-order valence-corrected chi connectivity index (χ3v) is 6.63. The molecule has 0 aliphatic carbocycles. The van der Waals surface area contributed by atoms with Gasteiger partial charge < -0.3 is 14.8 Å². The number of hydrogen-bond donors (Lipinski definition) is 1. The van der Waals surface area contributed by atoms with E-state index in [1.807, 2.05) is 48.7 Å². The van der Waals surface area contributed by atoms with Gasteiger partial charge in [0.2, 0.25) is 5.91 Å². The van der Waals surface area contributed by atoms with Gasteiger partial charge in [0.25, 0.3) is 0 Å². The highest BCUT2D eigenvalue weighted by Crippen LogP contribution is 2.34. The molecule has 0 aliphatic heterocycles. The average Bonchev–Trinajstić information content (AvgIpc) is 3.18. The Bertz CT molecular complexity index is 1010. The summed E-state index contributed by atoms with van der Waals surface area (Å²) in [5.41, 5.74) is 3.85. The van der Waals surface area contributed by atoms with Gasteiger partial charge in [0, 0.05) is 21.2 Å². The molecule has 0 unspecified atom stereocenters. The first-order valence-electron chi connectivity index (χ1n) is 8.80. The molecule has 0 radical (unpaired) electrons. The monoisotopic (exact) mass is 492 g/mol. The first-order chi connectivity index (χ1) is 14.0. The fourth-order valence-corrected chi connectivity index (χ4v) is 4.86. The smallest absolute Gasteiger partial charge is 0.234 e. The second kappa shape index (κ2) is 10.1. The lowest BCUT2D eigenvalue weighted by molar-refractivity contribution is -0.113. The van der Waals surface area contributed by atoms with Gasteiger partial charge in [0.05, 0.1) is 31.4 Å². The van der Waals surface area contributed by atoms with Crippen molar-refractivity contribution in [3.05, 3.63) is 57.5 Å². The van der Waals surface area contributed by atoms with Gasteiger partial charge in [-0.1, -0.05) is 6.07 Å². The van der Waals surface area contributed by atoms with E-state index in [0.29, 0.717) is 23.0 Å². The molecule has 2 aromatic carbocycles. The molecular formula is C21H21BrN2O3S2. The van der Waals surface area contributed by atoms with Crippen LogP contribution in [0.15, 0.2) is 46.3 Å². The number of halogens is 1. The van der Waals surface area contributed by atoms with Gasteiger partial charge in [-0.15, -0.1) is 23.1 Å².